The van der Waals surface area contributed by atoms with Crippen LogP contribution in [0, 0.1) is 0 Å². The van der Waals surface area contributed by atoms with Gasteiger partial charge in [0.25, 0.3) is 0 Å². The Morgan fingerprint density at radius 1 is 1.24 bits per heavy atom. The molecule has 1 amide bonds. The first-order valence-electron chi connectivity index (χ1n) is 7.17. The Balaban J connectivity index is 0.00000220. The fraction of sp³-hybridized carbons (Fsp3) is 0.467. The van der Waals surface area contributed by atoms with Crippen molar-refractivity contribution >= 4 is 41.5 Å². The third kappa shape index (κ3) is 5.91. The number of carbonyl (C=O) groups excluding carboxylic acids is 1. The summed E-state index contributed by atoms with van der Waals surface area (Å²) in [6.07, 6.45) is 2.39. The number of likely N-dealkylation sites (tertiary alicyclic amines) is 1. The molecule has 0 radical (unpaired) electrons. The molecule has 0 spiro atoms. The second-order valence-corrected chi connectivity index (χ2v) is 4.78. The molecule has 6 heteroatoms. The van der Waals surface area contributed by atoms with Crippen LogP contribution in [0.4, 0.5) is 5.69 Å². The van der Waals surface area contributed by atoms with Crippen molar-refractivity contribution < 1.29 is 4.79 Å². The molecule has 0 saturated carbocycles. The van der Waals surface area contributed by atoms with Crippen LogP contribution in [-0.2, 0) is 4.79 Å². The lowest BCUT2D eigenvalue weighted by atomic mass is 10.3. The number of halogens is 1. The highest BCUT2D eigenvalue weighted by Gasteiger charge is 2.15. The third-order valence-corrected chi connectivity index (χ3v) is 3.17. The Morgan fingerprint density at radius 2 is 1.90 bits per heavy atom. The monoisotopic (exact) mass is 402 g/mol. The van der Waals surface area contributed by atoms with Crippen LogP contribution >= 0.6 is 24.0 Å². The predicted molar refractivity (Wildman–Crippen MR) is 97.3 cm³/mol. The highest BCUT2D eigenvalue weighted by molar-refractivity contribution is 14.0. The molecule has 1 heterocycles. The van der Waals surface area contributed by atoms with Crippen LogP contribution in [0.1, 0.15) is 19.8 Å². The third-order valence-electron chi connectivity index (χ3n) is 3.17. The molecular weight excluding hydrogens is 379 g/mol. The normalized spacial score (nSPS) is 14.5. The number of nitrogens with zero attached hydrogens (tertiary/aromatic N) is 2. The number of hydrogen-bond acceptors (Lipinski definition) is 2. The van der Waals surface area contributed by atoms with Gasteiger partial charge in [-0.2, -0.15) is 0 Å². The predicted octanol–water partition coefficient (Wildman–Crippen LogP) is 2.30. The Hall–Kier alpha value is -1.31. The fourth-order valence-corrected chi connectivity index (χ4v) is 2.22. The highest BCUT2D eigenvalue weighted by atomic mass is 127. The summed E-state index contributed by atoms with van der Waals surface area (Å²) in [4.78, 5) is 18.5. The lowest BCUT2D eigenvalue weighted by Crippen LogP contribution is -2.40. The number of benzene rings is 1. The molecule has 0 aromatic heterocycles. The number of nitrogens with one attached hydrogen (secondary N) is 2. The van der Waals surface area contributed by atoms with Gasteiger partial charge in [-0.05, 0) is 31.9 Å². The maximum absolute atomic E-state index is 11.9. The Labute approximate surface area is 143 Å². The summed E-state index contributed by atoms with van der Waals surface area (Å²) < 4.78 is 0. The second kappa shape index (κ2) is 9.59. The quantitative estimate of drug-likeness (QED) is 0.462. The van der Waals surface area contributed by atoms with E-state index >= 15 is 0 Å². The maximum Gasteiger partial charge on any atom is 0.246 e. The van der Waals surface area contributed by atoms with Crippen molar-refractivity contribution in [2.75, 3.05) is 31.5 Å². The zero-order chi connectivity index (χ0) is 14.2. The molecule has 116 valence electrons. The molecule has 5 nitrogen and oxygen atoms in total. The van der Waals surface area contributed by atoms with Crippen LogP contribution in [0.25, 0.3) is 0 Å². The van der Waals surface area contributed by atoms with Crippen LogP contribution in [0.3, 0.4) is 0 Å². The smallest absolute Gasteiger partial charge is 0.246 e. The minimum absolute atomic E-state index is 0. The van der Waals surface area contributed by atoms with Crippen LogP contribution in [-0.4, -0.2) is 42.9 Å². The summed E-state index contributed by atoms with van der Waals surface area (Å²) in [5.74, 6) is 0.749. The molecule has 2 N–H and O–H groups in total. The molecule has 0 aliphatic carbocycles. The Bertz CT molecular complexity index is 458. The summed E-state index contributed by atoms with van der Waals surface area (Å²) in [6.45, 7) is 5.04. The Kier molecular flexibility index (Phi) is 8.11. The lowest BCUT2D eigenvalue weighted by molar-refractivity contribution is -0.114. The molecule has 0 bridgehead atoms. The summed E-state index contributed by atoms with van der Waals surface area (Å²) in [6, 6.07) is 9.45. The van der Waals surface area contributed by atoms with Crippen molar-refractivity contribution in [3.8, 4) is 0 Å². The van der Waals surface area contributed by atoms with Crippen LogP contribution in [0.5, 0.6) is 0 Å². The van der Waals surface area contributed by atoms with Crippen LogP contribution in [0.2, 0.25) is 0 Å². The van der Waals surface area contributed by atoms with Crippen LogP contribution < -0.4 is 10.6 Å². The molecule has 1 fully saturated rings. The number of aliphatic imine (C=N–C) groups is 1. The van der Waals surface area contributed by atoms with E-state index in [9.17, 15) is 4.79 Å². The number of amides is 1. The van der Waals surface area contributed by atoms with Gasteiger partial charge in [0.05, 0.1) is 0 Å². The first kappa shape index (κ1) is 17.7. The number of para-hydroxylation sites is 1. The largest absolute Gasteiger partial charge is 0.357 e. The molecular formula is C15H23IN4O. The number of hydrogen-bond donors (Lipinski definition) is 2. The van der Waals surface area contributed by atoms with Gasteiger partial charge in [0.15, 0.2) is 5.96 Å². The van der Waals surface area contributed by atoms with E-state index in [-0.39, 0.29) is 36.4 Å². The van der Waals surface area contributed by atoms with Crippen molar-refractivity contribution in [2.24, 2.45) is 4.99 Å². The zero-order valence-corrected chi connectivity index (χ0v) is 14.7. The summed E-state index contributed by atoms with van der Waals surface area (Å²) in [7, 11) is 0. The average molecular weight is 402 g/mol. The van der Waals surface area contributed by atoms with Gasteiger partial charge in [-0.1, -0.05) is 18.2 Å². The first-order chi connectivity index (χ1) is 9.79. The van der Waals surface area contributed by atoms with Crippen molar-refractivity contribution in [3.05, 3.63) is 30.3 Å². The molecule has 0 unspecified atom stereocenters. The minimum atomic E-state index is -0.0919. The van der Waals surface area contributed by atoms with Gasteiger partial charge in [-0.25, -0.2) is 4.99 Å². The maximum atomic E-state index is 11.9. The number of carbonyl (C=O) groups is 1. The van der Waals surface area contributed by atoms with Gasteiger partial charge in [-0.3, -0.25) is 4.79 Å². The summed E-state index contributed by atoms with van der Waals surface area (Å²) in [5.41, 5.74) is 0.805. The van der Waals surface area contributed by atoms with E-state index in [2.05, 4.69) is 20.5 Å². The van der Waals surface area contributed by atoms with Gasteiger partial charge in [0, 0.05) is 25.3 Å². The molecule has 1 aromatic rings. The molecule has 21 heavy (non-hydrogen) atoms. The van der Waals surface area contributed by atoms with E-state index in [4.69, 9.17) is 0 Å². The topological polar surface area (TPSA) is 56.7 Å². The number of guanidine groups is 1. The zero-order valence-electron chi connectivity index (χ0n) is 12.3. The lowest BCUT2D eigenvalue weighted by Gasteiger charge is -2.20. The van der Waals surface area contributed by atoms with E-state index < -0.39 is 0 Å². The molecule has 1 saturated heterocycles. The molecule has 1 aliphatic heterocycles. The van der Waals surface area contributed by atoms with E-state index in [1.54, 1.807) is 0 Å². The van der Waals surface area contributed by atoms with Crippen molar-refractivity contribution in [1.82, 2.24) is 10.2 Å². The molecule has 1 aliphatic rings. The van der Waals surface area contributed by atoms with E-state index in [1.165, 1.54) is 12.8 Å². The van der Waals surface area contributed by atoms with Gasteiger partial charge in [0.2, 0.25) is 5.91 Å². The Morgan fingerprint density at radius 3 is 2.52 bits per heavy atom. The average Bonchev–Trinajstić information content (AvgIpc) is 2.98. The summed E-state index contributed by atoms with van der Waals surface area (Å²) in [5, 5.41) is 6.08. The van der Waals surface area contributed by atoms with Gasteiger partial charge in [-0.15, -0.1) is 24.0 Å². The molecule has 1 aromatic carbocycles. The second-order valence-electron chi connectivity index (χ2n) is 4.78. The van der Waals surface area contributed by atoms with Gasteiger partial charge >= 0.3 is 0 Å². The fourth-order valence-electron chi connectivity index (χ4n) is 2.22. The van der Waals surface area contributed by atoms with E-state index in [0.29, 0.717) is 0 Å². The molecule has 0 atom stereocenters. The van der Waals surface area contributed by atoms with E-state index in [0.717, 1.165) is 31.3 Å². The van der Waals surface area contributed by atoms with Crippen molar-refractivity contribution in [3.63, 3.8) is 0 Å². The summed E-state index contributed by atoms with van der Waals surface area (Å²) >= 11 is 0. The number of anilines is 1. The first-order valence-corrected chi connectivity index (χ1v) is 7.17. The minimum Gasteiger partial charge on any atom is -0.357 e. The standard InChI is InChI=1S/C15H22N4O.HI/c1-2-16-15(19-10-6-7-11-19)17-12-14(20)18-13-8-4-3-5-9-13;/h3-5,8-9H,2,6-7,10-12H2,1H3,(H,16,17)(H,18,20);1H. The van der Waals surface area contributed by atoms with Crippen molar-refractivity contribution in [2.45, 2.75) is 19.8 Å². The SMILES string of the molecule is CCNC(=NCC(=O)Nc1ccccc1)N1CCCC1.I. The van der Waals surface area contributed by atoms with Gasteiger partial charge in [0.1, 0.15) is 6.54 Å². The van der Waals surface area contributed by atoms with Crippen molar-refractivity contribution in [1.29, 1.82) is 0 Å². The van der Waals surface area contributed by atoms with Crippen LogP contribution in [0.15, 0.2) is 35.3 Å². The van der Waals surface area contributed by atoms with Gasteiger partial charge < -0.3 is 15.5 Å². The highest BCUT2D eigenvalue weighted by Crippen LogP contribution is 2.08. The van der Waals surface area contributed by atoms with E-state index in [1.807, 2.05) is 37.3 Å². The molecule has 2 rings (SSSR count). The number of rotatable bonds is 4.